The van der Waals surface area contributed by atoms with Crippen LogP contribution in [-0.4, -0.2) is 5.91 Å². The predicted octanol–water partition coefficient (Wildman–Crippen LogP) is 5.40. The molecule has 2 aliphatic heterocycles. The molecule has 134 valence electrons. The molecule has 0 saturated heterocycles. The molecule has 1 unspecified atom stereocenters. The van der Waals surface area contributed by atoms with Crippen molar-refractivity contribution >= 4 is 17.7 Å². The second-order valence-electron chi connectivity index (χ2n) is 6.96. The zero-order chi connectivity index (χ0) is 18.1. The standard InChI is InChI=1S/C22H23FN2O/c1-2-3-4-5-10-16-14-15-9-6-7-11-17(15)21-24-22(26)20-18(23)12-8-13-19(20)25(16)21/h6-9,11-14,21H,2-5,10H2,1H3,(H,24,26). The van der Waals surface area contributed by atoms with Crippen LogP contribution < -0.4 is 10.2 Å². The van der Waals surface area contributed by atoms with Gasteiger partial charge in [0, 0.05) is 11.3 Å². The molecule has 0 aromatic heterocycles. The average Bonchev–Trinajstić information content (AvgIpc) is 2.65. The number of rotatable bonds is 5. The molecule has 2 aliphatic rings. The minimum absolute atomic E-state index is 0.141. The maximum atomic E-state index is 14.3. The summed E-state index contributed by atoms with van der Waals surface area (Å²) < 4.78 is 14.3. The Kier molecular flexibility index (Phi) is 4.49. The molecule has 0 bridgehead atoms. The van der Waals surface area contributed by atoms with Gasteiger partial charge in [-0.3, -0.25) is 4.79 Å². The molecule has 1 amide bonds. The van der Waals surface area contributed by atoms with Crippen LogP contribution in [0.1, 0.15) is 66.7 Å². The summed E-state index contributed by atoms with van der Waals surface area (Å²) in [6, 6.07) is 13.0. The minimum atomic E-state index is -0.470. The molecule has 3 nitrogen and oxygen atoms in total. The van der Waals surface area contributed by atoms with E-state index < -0.39 is 5.82 Å². The summed E-state index contributed by atoms with van der Waals surface area (Å²) in [5.74, 6) is -0.816. The van der Waals surface area contributed by atoms with E-state index in [0.29, 0.717) is 5.69 Å². The van der Waals surface area contributed by atoms with Crippen LogP contribution in [0.25, 0.3) is 6.08 Å². The Morgan fingerprint density at radius 1 is 1.08 bits per heavy atom. The number of carbonyl (C=O) groups is 1. The topological polar surface area (TPSA) is 32.3 Å². The molecule has 1 N–H and O–H groups in total. The molecule has 0 spiro atoms. The molecule has 1 atom stereocenters. The van der Waals surface area contributed by atoms with E-state index in [4.69, 9.17) is 0 Å². The SMILES string of the molecule is CCCCCCC1=Cc2ccccc2C2NC(=O)c3c(F)cccc3N12. The third-order valence-electron chi connectivity index (χ3n) is 5.21. The molecule has 2 aromatic rings. The van der Waals surface area contributed by atoms with E-state index in [1.54, 1.807) is 6.07 Å². The lowest BCUT2D eigenvalue weighted by molar-refractivity contribution is 0.0923. The van der Waals surface area contributed by atoms with Crippen molar-refractivity contribution in [1.82, 2.24) is 5.32 Å². The molecule has 26 heavy (non-hydrogen) atoms. The molecule has 4 heteroatoms. The van der Waals surface area contributed by atoms with Gasteiger partial charge in [0.1, 0.15) is 12.0 Å². The van der Waals surface area contributed by atoms with E-state index in [0.717, 1.165) is 29.7 Å². The van der Waals surface area contributed by atoms with Crippen LogP contribution in [0.5, 0.6) is 0 Å². The van der Waals surface area contributed by atoms with Gasteiger partial charge in [0.2, 0.25) is 0 Å². The second-order valence-corrected chi connectivity index (χ2v) is 6.96. The first-order valence-electron chi connectivity index (χ1n) is 9.39. The van der Waals surface area contributed by atoms with Crippen molar-refractivity contribution in [3.63, 3.8) is 0 Å². The number of fused-ring (bicyclic) bond motifs is 5. The average molecular weight is 350 g/mol. The van der Waals surface area contributed by atoms with E-state index in [9.17, 15) is 9.18 Å². The number of hydrogen-bond acceptors (Lipinski definition) is 2. The van der Waals surface area contributed by atoms with Gasteiger partial charge in [-0.2, -0.15) is 0 Å². The molecule has 0 aliphatic carbocycles. The van der Waals surface area contributed by atoms with Crippen molar-refractivity contribution in [3.05, 3.63) is 70.7 Å². The third-order valence-corrected chi connectivity index (χ3v) is 5.21. The Morgan fingerprint density at radius 3 is 2.77 bits per heavy atom. The normalized spacial score (nSPS) is 17.8. The van der Waals surface area contributed by atoms with E-state index in [-0.39, 0.29) is 17.6 Å². The van der Waals surface area contributed by atoms with E-state index in [1.807, 2.05) is 24.3 Å². The summed E-state index contributed by atoms with van der Waals surface area (Å²) in [4.78, 5) is 14.7. The number of halogens is 1. The first-order valence-corrected chi connectivity index (χ1v) is 9.39. The number of nitrogens with one attached hydrogen (secondary N) is 1. The maximum absolute atomic E-state index is 14.3. The number of hydrogen-bond donors (Lipinski definition) is 1. The monoisotopic (exact) mass is 350 g/mol. The number of amides is 1. The van der Waals surface area contributed by atoms with E-state index in [1.165, 1.54) is 25.3 Å². The summed E-state index contributed by atoms with van der Waals surface area (Å²) in [7, 11) is 0. The first-order chi connectivity index (χ1) is 12.7. The summed E-state index contributed by atoms with van der Waals surface area (Å²) in [6.07, 6.45) is 7.49. The number of allylic oxidation sites excluding steroid dienone is 1. The quantitative estimate of drug-likeness (QED) is 0.732. The number of carbonyl (C=O) groups excluding carboxylic acids is 1. The maximum Gasteiger partial charge on any atom is 0.258 e. The van der Waals surface area contributed by atoms with Crippen LogP contribution in [0.4, 0.5) is 10.1 Å². The highest BCUT2D eigenvalue weighted by molar-refractivity contribution is 6.03. The summed E-state index contributed by atoms with van der Waals surface area (Å²) in [5, 5.41) is 3.01. The Morgan fingerprint density at radius 2 is 1.92 bits per heavy atom. The van der Waals surface area contributed by atoms with Gasteiger partial charge < -0.3 is 10.2 Å². The number of anilines is 1. The zero-order valence-electron chi connectivity index (χ0n) is 15.0. The van der Waals surface area contributed by atoms with Crippen molar-refractivity contribution in [2.75, 3.05) is 4.90 Å². The van der Waals surface area contributed by atoms with Crippen LogP contribution in [-0.2, 0) is 0 Å². The van der Waals surface area contributed by atoms with Gasteiger partial charge in [0.05, 0.1) is 11.3 Å². The number of nitrogens with zero attached hydrogens (tertiary/aromatic N) is 1. The Balaban J connectivity index is 1.79. The summed E-state index contributed by atoms with van der Waals surface area (Å²) >= 11 is 0. The minimum Gasteiger partial charge on any atom is -0.327 e. The molecule has 0 saturated carbocycles. The van der Waals surface area contributed by atoms with Crippen molar-refractivity contribution in [2.24, 2.45) is 0 Å². The Labute approximate surface area is 153 Å². The molecular formula is C22H23FN2O. The van der Waals surface area contributed by atoms with Gasteiger partial charge in [-0.05, 0) is 36.6 Å². The van der Waals surface area contributed by atoms with E-state index in [2.05, 4.69) is 29.3 Å². The summed E-state index contributed by atoms with van der Waals surface area (Å²) in [6.45, 7) is 2.20. The summed E-state index contributed by atoms with van der Waals surface area (Å²) in [5.41, 5.74) is 4.11. The van der Waals surface area contributed by atoms with Crippen LogP contribution in [0.3, 0.4) is 0 Å². The molecule has 0 fully saturated rings. The highest BCUT2D eigenvalue weighted by Gasteiger charge is 2.38. The fourth-order valence-corrected chi connectivity index (χ4v) is 3.94. The van der Waals surface area contributed by atoms with Crippen LogP contribution >= 0.6 is 0 Å². The van der Waals surface area contributed by atoms with Crippen molar-refractivity contribution in [2.45, 2.75) is 45.2 Å². The van der Waals surface area contributed by atoms with Gasteiger partial charge in [-0.15, -0.1) is 0 Å². The van der Waals surface area contributed by atoms with Gasteiger partial charge >= 0.3 is 0 Å². The molecule has 2 heterocycles. The van der Waals surface area contributed by atoms with Crippen LogP contribution in [0.15, 0.2) is 48.2 Å². The van der Waals surface area contributed by atoms with Crippen LogP contribution in [0.2, 0.25) is 0 Å². The Bertz CT molecular complexity index is 874. The lowest BCUT2D eigenvalue weighted by Crippen LogP contribution is -2.48. The van der Waals surface area contributed by atoms with Gasteiger partial charge in [0.25, 0.3) is 5.91 Å². The molecule has 2 aromatic carbocycles. The zero-order valence-corrected chi connectivity index (χ0v) is 15.0. The largest absolute Gasteiger partial charge is 0.327 e. The number of benzene rings is 2. The van der Waals surface area contributed by atoms with E-state index >= 15 is 0 Å². The number of unbranched alkanes of at least 4 members (excludes halogenated alkanes) is 3. The third kappa shape index (κ3) is 2.79. The first kappa shape index (κ1) is 16.8. The van der Waals surface area contributed by atoms with Crippen molar-refractivity contribution in [1.29, 1.82) is 0 Å². The molecule has 0 radical (unpaired) electrons. The van der Waals surface area contributed by atoms with Gasteiger partial charge in [-0.25, -0.2) is 4.39 Å². The van der Waals surface area contributed by atoms with Gasteiger partial charge in [-0.1, -0.05) is 56.5 Å². The lowest BCUT2D eigenvalue weighted by Gasteiger charge is -2.43. The molecular weight excluding hydrogens is 327 g/mol. The predicted molar refractivity (Wildman–Crippen MR) is 102 cm³/mol. The highest BCUT2D eigenvalue weighted by atomic mass is 19.1. The van der Waals surface area contributed by atoms with Gasteiger partial charge in [0.15, 0.2) is 0 Å². The highest BCUT2D eigenvalue weighted by Crippen LogP contribution is 2.42. The van der Waals surface area contributed by atoms with Crippen LogP contribution in [0, 0.1) is 5.82 Å². The fourth-order valence-electron chi connectivity index (χ4n) is 3.94. The second kappa shape index (κ2) is 6.94. The van der Waals surface area contributed by atoms with Crippen molar-refractivity contribution in [3.8, 4) is 0 Å². The smallest absolute Gasteiger partial charge is 0.258 e. The fraction of sp³-hybridized carbons (Fsp3) is 0.318. The van der Waals surface area contributed by atoms with Crippen molar-refractivity contribution < 1.29 is 9.18 Å². The Hall–Kier alpha value is -2.62. The lowest BCUT2D eigenvalue weighted by atomic mass is 9.92. The molecule has 4 rings (SSSR count).